The molecule has 104 valence electrons. The summed E-state index contributed by atoms with van der Waals surface area (Å²) in [5, 5.41) is 0. The van der Waals surface area contributed by atoms with E-state index in [4.69, 9.17) is 0 Å². The molecule has 0 aromatic heterocycles. The van der Waals surface area contributed by atoms with E-state index < -0.39 is 0 Å². The van der Waals surface area contributed by atoms with Gasteiger partial charge < -0.3 is 4.90 Å². The predicted octanol–water partition coefficient (Wildman–Crippen LogP) is 3.41. The fourth-order valence-corrected chi connectivity index (χ4v) is 3.48. The monoisotopic (exact) mass is 277 g/mol. The first-order valence-corrected chi connectivity index (χ1v) is 7.29. The number of rotatable bonds is 1. The third-order valence-corrected chi connectivity index (χ3v) is 4.47. The van der Waals surface area contributed by atoms with Gasteiger partial charge in [0.25, 0.3) is 5.91 Å². The molecule has 2 aromatic carbocycles. The Kier molecular flexibility index (Phi) is 2.67. The van der Waals surface area contributed by atoms with Crippen LogP contribution in [-0.2, 0) is 0 Å². The van der Waals surface area contributed by atoms with Crippen LogP contribution >= 0.6 is 0 Å². The highest BCUT2D eigenvalue weighted by Gasteiger charge is 2.38. The molecule has 1 amide bonds. The standard InChI is InChI=1S/C18H15NO2/c20-16-10-9-13-11-19(15-8-4-7-14(16)17(13)15)18(21)12-5-2-1-3-6-12/h1-8,13H,9-11H2/t13-/m1/s1. The molecule has 2 aromatic rings. The lowest BCUT2D eigenvalue weighted by Crippen LogP contribution is -2.29. The maximum Gasteiger partial charge on any atom is 0.258 e. The van der Waals surface area contributed by atoms with Crippen molar-refractivity contribution in [2.45, 2.75) is 18.8 Å². The van der Waals surface area contributed by atoms with Gasteiger partial charge in [-0.3, -0.25) is 9.59 Å². The Morgan fingerprint density at radius 3 is 2.67 bits per heavy atom. The Hall–Kier alpha value is -2.42. The molecule has 21 heavy (non-hydrogen) atoms. The molecule has 0 saturated carbocycles. The Bertz CT molecular complexity index is 736. The lowest BCUT2D eigenvalue weighted by atomic mass is 9.83. The largest absolute Gasteiger partial charge is 0.307 e. The molecule has 3 heteroatoms. The van der Waals surface area contributed by atoms with E-state index in [1.165, 1.54) is 0 Å². The van der Waals surface area contributed by atoms with Gasteiger partial charge in [0.1, 0.15) is 0 Å². The van der Waals surface area contributed by atoms with Gasteiger partial charge in [-0.2, -0.15) is 0 Å². The summed E-state index contributed by atoms with van der Waals surface area (Å²) in [5.41, 5.74) is 3.50. The third kappa shape index (κ3) is 1.81. The van der Waals surface area contributed by atoms with E-state index in [2.05, 4.69) is 0 Å². The summed E-state index contributed by atoms with van der Waals surface area (Å²) in [6.07, 6.45) is 1.44. The van der Waals surface area contributed by atoms with E-state index in [0.717, 1.165) is 23.2 Å². The highest BCUT2D eigenvalue weighted by molar-refractivity contribution is 6.10. The number of anilines is 1. The lowest BCUT2D eigenvalue weighted by molar-refractivity contribution is 0.0968. The lowest BCUT2D eigenvalue weighted by Gasteiger charge is -2.18. The van der Waals surface area contributed by atoms with Gasteiger partial charge in [0.05, 0.1) is 0 Å². The molecule has 3 nitrogen and oxygen atoms in total. The Labute approximate surface area is 123 Å². The molecule has 0 spiro atoms. The third-order valence-electron chi connectivity index (χ3n) is 4.47. The fraction of sp³-hybridized carbons (Fsp3) is 0.222. The maximum absolute atomic E-state index is 12.7. The summed E-state index contributed by atoms with van der Waals surface area (Å²) in [5.74, 6) is 0.532. The molecule has 1 aliphatic carbocycles. The van der Waals surface area contributed by atoms with Crippen LogP contribution in [0.4, 0.5) is 5.69 Å². The molecule has 1 atom stereocenters. The predicted molar refractivity (Wildman–Crippen MR) is 80.9 cm³/mol. The van der Waals surface area contributed by atoms with E-state index in [1.54, 1.807) is 0 Å². The van der Waals surface area contributed by atoms with Crippen LogP contribution in [0.5, 0.6) is 0 Å². The van der Waals surface area contributed by atoms with E-state index >= 15 is 0 Å². The quantitative estimate of drug-likeness (QED) is 0.801. The Morgan fingerprint density at radius 2 is 1.86 bits per heavy atom. The van der Waals surface area contributed by atoms with Crippen molar-refractivity contribution in [1.29, 1.82) is 0 Å². The average Bonchev–Trinajstić information content (AvgIpc) is 2.91. The summed E-state index contributed by atoms with van der Waals surface area (Å²) in [6, 6.07) is 15.1. The van der Waals surface area contributed by atoms with Crippen molar-refractivity contribution in [3.8, 4) is 0 Å². The van der Waals surface area contributed by atoms with Gasteiger partial charge in [-0.05, 0) is 30.2 Å². The molecule has 1 heterocycles. The number of amides is 1. The van der Waals surface area contributed by atoms with Gasteiger partial charge in [-0.25, -0.2) is 0 Å². The zero-order chi connectivity index (χ0) is 14.4. The van der Waals surface area contributed by atoms with Gasteiger partial charge in [-0.1, -0.05) is 30.3 Å². The normalized spacial score (nSPS) is 19.5. The van der Waals surface area contributed by atoms with Crippen molar-refractivity contribution in [1.82, 2.24) is 0 Å². The first-order chi connectivity index (χ1) is 10.3. The molecular formula is C18H15NO2. The second kappa shape index (κ2) is 4.55. The van der Waals surface area contributed by atoms with Gasteiger partial charge >= 0.3 is 0 Å². The summed E-state index contributed by atoms with van der Waals surface area (Å²) >= 11 is 0. The SMILES string of the molecule is O=C1CC[C@@H]2CN(C(=O)c3ccccc3)c3cccc1c32. The second-order valence-electron chi connectivity index (χ2n) is 5.68. The fourth-order valence-electron chi connectivity index (χ4n) is 3.48. The minimum absolute atomic E-state index is 0.0193. The number of ketones is 1. The number of carbonyl (C=O) groups is 2. The molecular weight excluding hydrogens is 262 g/mol. The molecule has 0 bridgehead atoms. The smallest absolute Gasteiger partial charge is 0.258 e. The number of benzene rings is 2. The molecule has 0 saturated heterocycles. The van der Waals surface area contributed by atoms with Gasteiger partial charge in [0.2, 0.25) is 0 Å². The van der Waals surface area contributed by atoms with Crippen molar-refractivity contribution in [3.05, 3.63) is 65.2 Å². The van der Waals surface area contributed by atoms with Crippen LogP contribution in [0.2, 0.25) is 0 Å². The van der Waals surface area contributed by atoms with Gasteiger partial charge in [-0.15, -0.1) is 0 Å². The molecule has 0 fully saturated rings. The van der Waals surface area contributed by atoms with E-state index in [-0.39, 0.29) is 11.7 Å². The number of hydrogen-bond acceptors (Lipinski definition) is 2. The van der Waals surface area contributed by atoms with Crippen LogP contribution in [0.15, 0.2) is 48.5 Å². The van der Waals surface area contributed by atoms with Crippen LogP contribution in [0, 0.1) is 0 Å². The van der Waals surface area contributed by atoms with Gasteiger partial charge in [0.15, 0.2) is 5.78 Å². The average molecular weight is 277 g/mol. The van der Waals surface area contributed by atoms with Crippen LogP contribution in [-0.4, -0.2) is 18.2 Å². The van der Waals surface area contributed by atoms with E-state index in [9.17, 15) is 9.59 Å². The molecule has 0 N–H and O–H groups in total. The summed E-state index contributed by atoms with van der Waals surface area (Å²) in [4.78, 5) is 26.6. The minimum atomic E-state index is 0.0193. The highest BCUT2D eigenvalue weighted by atomic mass is 16.2. The van der Waals surface area contributed by atoms with Gasteiger partial charge in [0, 0.05) is 35.7 Å². The number of hydrogen-bond donors (Lipinski definition) is 0. The van der Waals surface area contributed by atoms with Crippen molar-refractivity contribution < 1.29 is 9.59 Å². The van der Waals surface area contributed by atoms with Crippen LogP contribution in [0.3, 0.4) is 0 Å². The van der Waals surface area contributed by atoms with E-state index in [1.807, 2.05) is 53.4 Å². The number of nitrogens with zero attached hydrogens (tertiary/aromatic N) is 1. The van der Waals surface area contributed by atoms with Crippen molar-refractivity contribution in [3.63, 3.8) is 0 Å². The molecule has 1 aliphatic heterocycles. The van der Waals surface area contributed by atoms with Crippen molar-refractivity contribution >= 4 is 17.4 Å². The first-order valence-electron chi connectivity index (χ1n) is 7.29. The summed E-state index contributed by atoms with van der Waals surface area (Å²) in [6.45, 7) is 0.688. The maximum atomic E-state index is 12.7. The van der Waals surface area contributed by atoms with Crippen LogP contribution in [0.25, 0.3) is 0 Å². The van der Waals surface area contributed by atoms with Crippen LogP contribution in [0.1, 0.15) is 45.0 Å². The summed E-state index contributed by atoms with van der Waals surface area (Å²) in [7, 11) is 0. The zero-order valence-electron chi connectivity index (χ0n) is 11.6. The number of carbonyl (C=O) groups excluding carboxylic acids is 2. The van der Waals surface area contributed by atoms with Crippen molar-refractivity contribution in [2.24, 2.45) is 0 Å². The first kappa shape index (κ1) is 12.3. The van der Waals surface area contributed by atoms with Crippen molar-refractivity contribution in [2.75, 3.05) is 11.4 Å². The van der Waals surface area contributed by atoms with Crippen LogP contribution < -0.4 is 4.90 Å². The highest BCUT2D eigenvalue weighted by Crippen LogP contribution is 2.44. The molecule has 0 unspecified atom stereocenters. The molecule has 0 radical (unpaired) electrons. The Balaban J connectivity index is 1.79. The minimum Gasteiger partial charge on any atom is -0.307 e. The molecule has 2 aliphatic rings. The zero-order valence-corrected chi connectivity index (χ0v) is 11.6. The topological polar surface area (TPSA) is 37.4 Å². The summed E-state index contributed by atoms with van der Waals surface area (Å²) < 4.78 is 0. The second-order valence-corrected chi connectivity index (χ2v) is 5.68. The Morgan fingerprint density at radius 1 is 1.05 bits per heavy atom. The molecule has 4 rings (SSSR count). The van der Waals surface area contributed by atoms with E-state index in [0.29, 0.717) is 24.4 Å². The number of Topliss-reactive ketones (excluding diaryl/α,β-unsaturated/α-hetero) is 1.